The first kappa shape index (κ1) is 12.4. The molecule has 94 valence electrons. The summed E-state index contributed by atoms with van der Waals surface area (Å²) in [6.45, 7) is 1.75. The third kappa shape index (κ3) is 2.42. The van der Waals surface area contributed by atoms with Gasteiger partial charge in [-0.2, -0.15) is 0 Å². The maximum absolute atomic E-state index is 11.8. The van der Waals surface area contributed by atoms with Crippen LogP contribution < -0.4 is 10.1 Å². The second kappa shape index (κ2) is 5.04. The summed E-state index contributed by atoms with van der Waals surface area (Å²) in [7, 11) is 1.60. The molecule has 0 atom stereocenters. The van der Waals surface area contributed by atoms with Crippen molar-refractivity contribution in [2.45, 2.75) is 19.8 Å². The van der Waals surface area contributed by atoms with Crippen molar-refractivity contribution in [1.29, 1.82) is 0 Å². The number of hydrogen-bond donors (Lipinski definition) is 1. The summed E-state index contributed by atoms with van der Waals surface area (Å²) in [4.78, 5) is 23.2. The molecule has 0 saturated heterocycles. The molecular weight excluding hydrogens is 230 g/mol. The Hall–Kier alpha value is -2.10. The number of methoxy groups -OCH3 is 1. The Morgan fingerprint density at radius 1 is 1.44 bits per heavy atom. The number of carbonyl (C=O) groups is 2. The Labute approximate surface area is 106 Å². The number of carbonyl (C=O) groups excluding carboxylic acids is 2. The number of benzene rings is 1. The minimum atomic E-state index is -0.152. The average Bonchev–Trinajstić information content (AvgIpc) is 2.39. The van der Waals surface area contributed by atoms with Gasteiger partial charge in [0, 0.05) is 12.8 Å². The van der Waals surface area contributed by atoms with Crippen LogP contribution in [0.5, 0.6) is 5.75 Å². The van der Waals surface area contributed by atoms with Crippen LogP contribution in [0.25, 0.3) is 6.08 Å². The van der Waals surface area contributed by atoms with Crippen molar-refractivity contribution in [3.05, 3.63) is 35.0 Å². The van der Waals surface area contributed by atoms with Crippen LogP contribution >= 0.6 is 0 Å². The van der Waals surface area contributed by atoms with Gasteiger partial charge in [-0.15, -0.1) is 0 Å². The zero-order chi connectivity index (χ0) is 13.1. The van der Waals surface area contributed by atoms with E-state index in [2.05, 4.69) is 5.32 Å². The molecule has 0 aromatic heterocycles. The number of amides is 1. The predicted molar refractivity (Wildman–Crippen MR) is 68.1 cm³/mol. The first-order valence-corrected chi connectivity index (χ1v) is 5.85. The minimum Gasteiger partial charge on any atom is -0.497 e. The van der Waals surface area contributed by atoms with Crippen LogP contribution in [-0.2, 0) is 16.0 Å². The van der Waals surface area contributed by atoms with E-state index in [0.29, 0.717) is 18.5 Å². The molecular formula is C14H15NO3. The summed E-state index contributed by atoms with van der Waals surface area (Å²) < 4.78 is 5.14. The van der Waals surface area contributed by atoms with E-state index in [1.54, 1.807) is 20.1 Å². The van der Waals surface area contributed by atoms with E-state index in [0.717, 1.165) is 16.9 Å². The summed E-state index contributed by atoms with van der Waals surface area (Å²) in [6, 6.07) is 5.57. The number of fused-ring (bicyclic) bond motifs is 1. The maximum atomic E-state index is 11.8. The van der Waals surface area contributed by atoms with Gasteiger partial charge >= 0.3 is 0 Å². The van der Waals surface area contributed by atoms with Crippen molar-refractivity contribution in [2.75, 3.05) is 7.11 Å². The van der Waals surface area contributed by atoms with Gasteiger partial charge in [0.1, 0.15) is 5.75 Å². The van der Waals surface area contributed by atoms with E-state index in [4.69, 9.17) is 4.74 Å². The molecule has 1 aliphatic carbocycles. The Morgan fingerprint density at radius 3 is 2.89 bits per heavy atom. The molecule has 4 nitrogen and oxygen atoms in total. The van der Waals surface area contributed by atoms with E-state index >= 15 is 0 Å². The minimum absolute atomic E-state index is 0.0607. The summed E-state index contributed by atoms with van der Waals surface area (Å²) >= 11 is 0. The largest absolute Gasteiger partial charge is 0.497 e. The van der Waals surface area contributed by atoms with Gasteiger partial charge in [-0.1, -0.05) is 13.0 Å². The van der Waals surface area contributed by atoms with Gasteiger partial charge in [-0.3, -0.25) is 9.59 Å². The topological polar surface area (TPSA) is 55.4 Å². The molecule has 1 aliphatic rings. The van der Waals surface area contributed by atoms with Crippen LogP contribution in [0.1, 0.15) is 24.5 Å². The molecule has 1 amide bonds. The number of nitrogens with one attached hydrogen (secondary N) is 1. The molecule has 0 saturated carbocycles. The number of ether oxygens (including phenoxy) is 1. The van der Waals surface area contributed by atoms with E-state index in [9.17, 15) is 9.59 Å². The highest BCUT2D eigenvalue weighted by molar-refractivity contribution is 6.06. The van der Waals surface area contributed by atoms with Crippen LogP contribution in [0.4, 0.5) is 0 Å². The molecule has 0 spiro atoms. The fourth-order valence-corrected chi connectivity index (χ4v) is 1.84. The Balaban J connectivity index is 2.34. The molecule has 0 radical (unpaired) electrons. The Bertz CT molecular complexity index is 532. The van der Waals surface area contributed by atoms with Crippen molar-refractivity contribution in [3.8, 4) is 5.75 Å². The maximum Gasteiger partial charge on any atom is 0.224 e. The van der Waals surface area contributed by atoms with Crippen molar-refractivity contribution >= 4 is 17.8 Å². The molecule has 0 aliphatic heterocycles. The van der Waals surface area contributed by atoms with Gasteiger partial charge in [0.2, 0.25) is 5.91 Å². The normalized spacial score (nSPS) is 13.7. The van der Waals surface area contributed by atoms with Gasteiger partial charge in [0.15, 0.2) is 5.78 Å². The number of hydrogen-bond acceptors (Lipinski definition) is 3. The monoisotopic (exact) mass is 245 g/mol. The zero-order valence-electron chi connectivity index (χ0n) is 10.4. The van der Waals surface area contributed by atoms with Crippen LogP contribution in [-0.4, -0.2) is 18.8 Å². The molecule has 4 heteroatoms. The van der Waals surface area contributed by atoms with Crippen LogP contribution in [0.3, 0.4) is 0 Å². The molecule has 2 rings (SSSR count). The van der Waals surface area contributed by atoms with E-state index in [1.165, 1.54) is 0 Å². The lowest BCUT2D eigenvalue weighted by Gasteiger charge is -2.16. The fraction of sp³-hybridized carbons (Fsp3) is 0.286. The molecule has 0 fully saturated rings. The second-order valence-electron chi connectivity index (χ2n) is 4.12. The van der Waals surface area contributed by atoms with Crippen LogP contribution in [0, 0.1) is 0 Å². The Morgan fingerprint density at radius 2 is 2.22 bits per heavy atom. The lowest BCUT2D eigenvalue weighted by molar-refractivity contribution is -0.122. The SMILES string of the molecule is CCC(=O)NC1=Cc2cc(OC)ccc2CC1=O. The molecule has 1 aromatic carbocycles. The number of ketones is 1. The van der Waals surface area contributed by atoms with Gasteiger partial charge in [0.25, 0.3) is 0 Å². The van der Waals surface area contributed by atoms with Crippen molar-refractivity contribution in [3.63, 3.8) is 0 Å². The molecule has 1 aromatic rings. The highest BCUT2D eigenvalue weighted by Gasteiger charge is 2.19. The first-order chi connectivity index (χ1) is 8.63. The van der Waals surface area contributed by atoms with E-state index in [-0.39, 0.29) is 11.7 Å². The molecule has 0 bridgehead atoms. The smallest absolute Gasteiger partial charge is 0.224 e. The average molecular weight is 245 g/mol. The quantitative estimate of drug-likeness (QED) is 0.881. The summed E-state index contributed by atoms with van der Waals surface area (Å²) in [5.41, 5.74) is 2.23. The standard InChI is InChI=1S/C14H15NO3/c1-3-14(17)15-12-7-10-6-11(18-2)5-4-9(10)8-13(12)16/h4-7H,3,8H2,1-2H3,(H,15,17). The highest BCUT2D eigenvalue weighted by atomic mass is 16.5. The van der Waals surface area contributed by atoms with Gasteiger partial charge < -0.3 is 10.1 Å². The fourth-order valence-electron chi connectivity index (χ4n) is 1.84. The Kier molecular flexibility index (Phi) is 3.46. The first-order valence-electron chi connectivity index (χ1n) is 5.85. The molecule has 1 N–H and O–H groups in total. The van der Waals surface area contributed by atoms with Gasteiger partial charge in [-0.05, 0) is 29.3 Å². The van der Waals surface area contributed by atoms with E-state index < -0.39 is 0 Å². The number of rotatable bonds is 3. The highest BCUT2D eigenvalue weighted by Crippen LogP contribution is 2.24. The molecule has 0 heterocycles. The summed E-state index contributed by atoms with van der Waals surface area (Å²) in [5, 5.41) is 2.63. The summed E-state index contributed by atoms with van der Waals surface area (Å²) in [6.07, 6.45) is 2.38. The van der Waals surface area contributed by atoms with Crippen LogP contribution in [0.2, 0.25) is 0 Å². The molecule has 18 heavy (non-hydrogen) atoms. The second-order valence-corrected chi connectivity index (χ2v) is 4.12. The lowest BCUT2D eigenvalue weighted by Crippen LogP contribution is -2.29. The summed E-state index contributed by atoms with van der Waals surface area (Å²) in [5.74, 6) is 0.524. The van der Waals surface area contributed by atoms with Crippen LogP contribution in [0.15, 0.2) is 23.9 Å². The third-order valence-electron chi connectivity index (χ3n) is 2.90. The van der Waals surface area contributed by atoms with Gasteiger partial charge in [-0.25, -0.2) is 0 Å². The lowest BCUT2D eigenvalue weighted by atomic mass is 9.94. The predicted octanol–water partition coefficient (Wildman–Crippen LogP) is 1.69. The van der Waals surface area contributed by atoms with Crippen molar-refractivity contribution in [2.24, 2.45) is 0 Å². The van der Waals surface area contributed by atoms with E-state index in [1.807, 2.05) is 18.2 Å². The van der Waals surface area contributed by atoms with Crippen molar-refractivity contribution < 1.29 is 14.3 Å². The third-order valence-corrected chi connectivity index (χ3v) is 2.90. The number of Topliss-reactive ketones (excluding diaryl/α,β-unsaturated/α-hetero) is 1. The molecule has 0 unspecified atom stereocenters. The van der Waals surface area contributed by atoms with Crippen molar-refractivity contribution in [1.82, 2.24) is 5.32 Å². The zero-order valence-corrected chi connectivity index (χ0v) is 10.4. The van der Waals surface area contributed by atoms with Gasteiger partial charge in [0.05, 0.1) is 12.8 Å². The number of allylic oxidation sites excluding steroid dienone is 1.